The molecule has 1 amide bonds. The van der Waals surface area contributed by atoms with Gasteiger partial charge in [0.05, 0.1) is 12.9 Å². The number of nitrogens with one attached hydrogen (secondary N) is 2. The van der Waals surface area contributed by atoms with E-state index < -0.39 is 0 Å². The smallest absolute Gasteiger partial charge is 0.251 e. The molecule has 9 heteroatoms. The first-order valence-corrected chi connectivity index (χ1v) is 11.9. The van der Waals surface area contributed by atoms with Crippen LogP contribution in [0.25, 0.3) is 16.8 Å². The number of nitrogens with zero attached hydrogens (tertiary/aromatic N) is 5. The number of pyridine rings is 1. The number of rotatable bonds is 9. The molecule has 0 aliphatic heterocycles. The fourth-order valence-electron chi connectivity index (χ4n) is 3.93. The van der Waals surface area contributed by atoms with Gasteiger partial charge in [-0.15, -0.1) is 5.10 Å². The summed E-state index contributed by atoms with van der Waals surface area (Å²) in [6.45, 7) is 1.31. The van der Waals surface area contributed by atoms with Gasteiger partial charge in [-0.1, -0.05) is 12.1 Å². The predicted molar refractivity (Wildman–Crippen MR) is 136 cm³/mol. The Morgan fingerprint density at radius 3 is 2.61 bits per heavy atom. The van der Waals surface area contributed by atoms with Crippen LogP contribution in [-0.2, 0) is 6.54 Å². The molecule has 1 aliphatic rings. The number of aromatic nitrogens is 5. The molecule has 0 radical (unpaired) electrons. The number of ether oxygens (including phenoxy) is 1. The van der Waals surface area contributed by atoms with E-state index in [9.17, 15) is 4.79 Å². The van der Waals surface area contributed by atoms with Crippen molar-refractivity contribution in [3.8, 4) is 16.9 Å². The fraction of sp³-hybridized carbons (Fsp3) is 0.185. The maximum Gasteiger partial charge on any atom is 0.251 e. The molecular weight excluding hydrogens is 454 g/mol. The van der Waals surface area contributed by atoms with E-state index in [0.717, 1.165) is 47.6 Å². The standard InChI is InChI=1S/C27H25N7O2/c35-26(29-21-9-10-21)20-3-7-22(8-4-20)30-27-31-25-24(2-1-14-34(25)32-27)19-5-11-23(12-6-19)36-17-16-33-15-13-28-18-33/h1-8,11-15,18,21H,9-10,16-17H2,(H,29,35)(H,30,32). The molecule has 2 N–H and O–H groups in total. The van der Waals surface area contributed by atoms with E-state index in [-0.39, 0.29) is 5.91 Å². The second kappa shape index (κ2) is 9.53. The van der Waals surface area contributed by atoms with Crippen molar-refractivity contribution in [2.45, 2.75) is 25.4 Å². The first-order chi connectivity index (χ1) is 17.7. The highest BCUT2D eigenvalue weighted by atomic mass is 16.5. The first-order valence-electron chi connectivity index (χ1n) is 11.9. The summed E-state index contributed by atoms with van der Waals surface area (Å²) in [5.74, 6) is 1.26. The lowest BCUT2D eigenvalue weighted by molar-refractivity contribution is 0.0951. The van der Waals surface area contributed by atoms with Crippen molar-refractivity contribution < 1.29 is 9.53 Å². The summed E-state index contributed by atoms with van der Waals surface area (Å²) in [6.07, 6.45) is 9.45. The summed E-state index contributed by atoms with van der Waals surface area (Å²) in [6, 6.07) is 19.6. The Bertz CT molecular complexity index is 1470. The van der Waals surface area contributed by atoms with Gasteiger partial charge in [0, 0.05) is 41.4 Å². The zero-order valence-electron chi connectivity index (χ0n) is 19.5. The molecule has 36 heavy (non-hydrogen) atoms. The summed E-state index contributed by atoms with van der Waals surface area (Å²) < 4.78 is 9.59. The van der Waals surface area contributed by atoms with E-state index in [0.29, 0.717) is 24.2 Å². The topological polar surface area (TPSA) is 98.4 Å². The predicted octanol–water partition coefficient (Wildman–Crippen LogP) is 4.31. The molecule has 3 aromatic heterocycles. The van der Waals surface area contributed by atoms with Crippen LogP contribution in [0.4, 0.5) is 11.6 Å². The van der Waals surface area contributed by atoms with Crippen LogP contribution in [0.15, 0.2) is 85.6 Å². The van der Waals surface area contributed by atoms with Crippen molar-refractivity contribution >= 4 is 23.2 Å². The normalized spacial score (nSPS) is 13.0. The third-order valence-corrected chi connectivity index (χ3v) is 6.02. The molecule has 1 aliphatic carbocycles. The lowest BCUT2D eigenvalue weighted by Crippen LogP contribution is -2.25. The average Bonchev–Trinajstić information content (AvgIpc) is 3.37. The second-order valence-corrected chi connectivity index (χ2v) is 8.75. The molecule has 1 saturated carbocycles. The van der Waals surface area contributed by atoms with Crippen LogP contribution in [0.2, 0.25) is 0 Å². The van der Waals surface area contributed by atoms with Gasteiger partial charge in [0.1, 0.15) is 12.4 Å². The van der Waals surface area contributed by atoms with E-state index in [4.69, 9.17) is 9.72 Å². The molecule has 0 unspecified atom stereocenters. The van der Waals surface area contributed by atoms with Crippen molar-refractivity contribution in [2.24, 2.45) is 0 Å². The van der Waals surface area contributed by atoms with Crippen LogP contribution in [0.5, 0.6) is 5.75 Å². The highest BCUT2D eigenvalue weighted by molar-refractivity contribution is 5.95. The zero-order valence-corrected chi connectivity index (χ0v) is 19.5. The molecule has 5 aromatic rings. The van der Waals surface area contributed by atoms with Gasteiger partial charge in [-0.25, -0.2) is 9.50 Å². The van der Waals surface area contributed by atoms with Gasteiger partial charge < -0.3 is 19.9 Å². The van der Waals surface area contributed by atoms with Crippen molar-refractivity contribution in [3.05, 3.63) is 91.1 Å². The van der Waals surface area contributed by atoms with Gasteiger partial charge in [-0.3, -0.25) is 4.79 Å². The van der Waals surface area contributed by atoms with Gasteiger partial charge >= 0.3 is 0 Å². The minimum Gasteiger partial charge on any atom is -0.492 e. The molecule has 9 nitrogen and oxygen atoms in total. The molecule has 2 aromatic carbocycles. The van der Waals surface area contributed by atoms with Crippen molar-refractivity contribution in [1.29, 1.82) is 0 Å². The van der Waals surface area contributed by atoms with Crippen molar-refractivity contribution in [3.63, 3.8) is 0 Å². The van der Waals surface area contributed by atoms with E-state index in [1.807, 2.05) is 65.5 Å². The van der Waals surface area contributed by atoms with Crippen molar-refractivity contribution in [1.82, 2.24) is 29.5 Å². The molecule has 0 atom stereocenters. The van der Waals surface area contributed by atoms with Crippen LogP contribution in [-0.4, -0.2) is 42.7 Å². The molecule has 3 heterocycles. The molecular formula is C27H25N7O2. The number of amides is 1. The summed E-state index contributed by atoms with van der Waals surface area (Å²) >= 11 is 0. The number of anilines is 2. The fourth-order valence-corrected chi connectivity index (χ4v) is 3.93. The minimum atomic E-state index is -0.0332. The second-order valence-electron chi connectivity index (χ2n) is 8.75. The highest BCUT2D eigenvalue weighted by Crippen LogP contribution is 2.27. The quantitative estimate of drug-likeness (QED) is 0.327. The maximum atomic E-state index is 12.2. The molecule has 0 spiro atoms. The highest BCUT2D eigenvalue weighted by Gasteiger charge is 2.23. The van der Waals surface area contributed by atoms with Gasteiger partial charge in [0.15, 0.2) is 5.65 Å². The number of carbonyl (C=O) groups excluding carboxylic acids is 1. The monoisotopic (exact) mass is 479 g/mol. The summed E-state index contributed by atoms with van der Waals surface area (Å²) in [5.41, 5.74) is 4.19. The third-order valence-electron chi connectivity index (χ3n) is 6.02. The van der Waals surface area contributed by atoms with Gasteiger partial charge in [-0.05, 0) is 66.9 Å². The summed E-state index contributed by atoms with van der Waals surface area (Å²) in [5, 5.41) is 10.8. The third kappa shape index (κ3) is 4.90. The van der Waals surface area contributed by atoms with E-state index in [1.165, 1.54) is 0 Å². The minimum absolute atomic E-state index is 0.0332. The number of hydrogen-bond donors (Lipinski definition) is 2. The molecule has 0 saturated heterocycles. The number of imidazole rings is 1. The van der Waals surface area contributed by atoms with Gasteiger partial charge in [-0.2, -0.15) is 4.98 Å². The molecule has 6 rings (SSSR count). The average molecular weight is 480 g/mol. The van der Waals surface area contributed by atoms with Crippen LogP contribution in [0.3, 0.4) is 0 Å². The zero-order chi connectivity index (χ0) is 24.3. The number of carbonyl (C=O) groups is 1. The van der Waals surface area contributed by atoms with E-state index in [1.54, 1.807) is 29.2 Å². The largest absolute Gasteiger partial charge is 0.492 e. The summed E-state index contributed by atoms with van der Waals surface area (Å²) in [7, 11) is 0. The number of fused-ring (bicyclic) bond motifs is 1. The van der Waals surface area contributed by atoms with E-state index in [2.05, 4.69) is 20.7 Å². The summed E-state index contributed by atoms with van der Waals surface area (Å²) in [4.78, 5) is 21.0. The Balaban J connectivity index is 1.14. The Labute approximate surface area is 207 Å². The number of benzene rings is 2. The Morgan fingerprint density at radius 1 is 1.03 bits per heavy atom. The number of hydrogen-bond acceptors (Lipinski definition) is 6. The van der Waals surface area contributed by atoms with Crippen molar-refractivity contribution in [2.75, 3.05) is 11.9 Å². The Kier molecular flexibility index (Phi) is 5.79. The van der Waals surface area contributed by atoms with E-state index >= 15 is 0 Å². The lowest BCUT2D eigenvalue weighted by atomic mass is 10.1. The van der Waals surface area contributed by atoms with Crippen LogP contribution in [0, 0.1) is 0 Å². The van der Waals surface area contributed by atoms with Crippen LogP contribution < -0.4 is 15.4 Å². The first kappa shape index (κ1) is 21.8. The Hall–Kier alpha value is -4.66. The van der Waals surface area contributed by atoms with Gasteiger partial charge in [0.2, 0.25) is 5.95 Å². The van der Waals surface area contributed by atoms with Crippen LogP contribution in [0.1, 0.15) is 23.2 Å². The Morgan fingerprint density at radius 2 is 1.86 bits per heavy atom. The molecule has 1 fully saturated rings. The SMILES string of the molecule is O=C(NC1CC1)c1ccc(Nc2nc3c(-c4ccc(OCCn5ccnc5)cc4)cccn3n2)cc1. The van der Waals surface area contributed by atoms with Gasteiger partial charge in [0.25, 0.3) is 5.91 Å². The lowest BCUT2D eigenvalue weighted by Gasteiger charge is -2.08. The maximum absolute atomic E-state index is 12.2. The van der Waals surface area contributed by atoms with Crippen LogP contribution >= 0.6 is 0 Å². The molecule has 180 valence electrons. The molecule has 0 bridgehead atoms.